The van der Waals surface area contributed by atoms with Gasteiger partial charge in [-0.05, 0) is 65.2 Å². The fourth-order valence-electron chi connectivity index (χ4n) is 4.45. The molecular weight excluding hydrogens is 490 g/mol. The number of benzene rings is 2. The lowest BCUT2D eigenvalue weighted by Crippen LogP contribution is -2.51. The largest absolute Gasteiger partial charge is 0.444 e. The highest BCUT2D eigenvalue weighted by Crippen LogP contribution is 2.27. The van der Waals surface area contributed by atoms with Crippen molar-refractivity contribution in [1.82, 2.24) is 10.2 Å². The smallest absolute Gasteiger partial charge is 0.408 e. The van der Waals surface area contributed by atoms with Gasteiger partial charge < -0.3 is 20.3 Å². The lowest BCUT2D eigenvalue weighted by Gasteiger charge is -2.34. The summed E-state index contributed by atoms with van der Waals surface area (Å²) in [6.07, 6.45) is 5.62. The minimum absolute atomic E-state index is 0.293. The van der Waals surface area contributed by atoms with Crippen LogP contribution in [0.15, 0.2) is 48.5 Å². The van der Waals surface area contributed by atoms with E-state index in [-0.39, 0.29) is 11.8 Å². The first-order valence-electron chi connectivity index (χ1n) is 14.2. The first kappa shape index (κ1) is 31.9. The van der Waals surface area contributed by atoms with Crippen molar-refractivity contribution < 1.29 is 19.1 Å². The van der Waals surface area contributed by atoms with Crippen LogP contribution in [0.4, 0.5) is 10.5 Å². The molecule has 0 spiro atoms. The van der Waals surface area contributed by atoms with Gasteiger partial charge in [0.25, 0.3) is 5.91 Å². The molecule has 2 atom stereocenters. The number of rotatable bonds is 13. The average molecular weight is 538 g/mol. The van der Waals surface area contributed by atoms with Gasteiger partial charge in [-0.15, -0.1) is 0 Å². The Morgan fingerprint density at radius 1 is 0.923 bits per heavy atom. The van der Waals surface area contributed by atoms with Crippen LogP contribution >= 0.6 is 0 Å². The number of unbranched alkanes of at least 4 members (excludes halogenated alkanes) is 5. The molecule has 2 aromatic rings. The molecule has 0 aliphatic carbocycles. The molecule has 7 nitrogen and oxygen atoms in total. The third-order valence-electron chi connectivity index (χ3n) is 6.46. The molecule has 0 aliphatic rings. The predicted octanol–water partition coefficient (Wildman–Crippen LogP) is 7.09. The van der Waals surface area contributed by atoms with Crippen LogP contribution in [0, 0.1) is 13.8 Å². The summed E-state index contributed by atoms with van der Waals surface area (Å²) in [4.78, 5) is 41.9. The van der Waals surface area contributed by atoms with Gasteiger partial charge in [-0.25, -0.2) is 4.79 Å². The Kier molecular flexibility index (Phi) is 12.5. The van der Waals surface area contributed by atoms with Gasteiger partial charge in [-0.1, -0.05) is 87.1 Å². The second kappa shape index (κ2) is 15.3. The van der Waals surface area contributed by atoms with Gasteiger partial charge in [0, 0.05) is 12.2 Å². The van der Waals surface area contributed by atoms with E-state index in [0.717, 1.165) is 48.8 Å². The summed E-state index contributed by atoms with van der Waals surface area (Å²) in [5, 5.41) is 5.71. The van der Waals surface area contributed by atoms with Crippen molar-refractivity contribution in [3.63, 3.8) is 0 Å². The minimum Gasteiger partial charge on any atom is -0.444 e. The molecule has 2 aromatic carbocycles. The number of anilines is 1. The van der Waals surface area contributed by atoms with Gasteiger partial charge in [0.2, 0.25) is 5.91 Å². The Morgan fingerprint density at radius 2 is 1.59 bits per heavy atom. The molecule has 0 saturated carbocycles. The van der Waals surface area contributed by atoms with Crippen molar-refractivity contribution in [2.24, 2.45) is 0 Å². The van der Waals surface area contributed by atoms with E-state index in [0.29, 0.717) is 12.2 Å². The number of ether oxygens (including phenoxy) is 1. The Bertz CT molecular complexity index is 1090. The summed E-state index contributed by atoms with van der Waals surface area (Å²) >= 11 is 0. The molecule has 7 heteroatoms. The van der Waals surface area contributed by atoms with Crippen molar-refractivity contribution >= 4 is 23.6 Å². The van der Waals surface area contributed by atoms with E-state index in [4.69, 9.17) is 4.74 Å². The number of aryl methyl sites for hydroxylation is 2. The molecule has 2 rings (SSSR count). The quantitative estimate of drug-likeness (QED) is 0.267. The monoisotopic (exact) mass is 537 g/mol. The Labute approximate surface area is 234 Å². The van der Waals surface area contributed by atoms with Crippen LogP contribution in [0.25, 0.3) is 0 Å². The van der Waals surface area contributed by atoms with Crippen LogP contribution < -0.4 is 10.6 Å². The number of hydrogen-bond donors (Lipinski definition) is 2. The summed E-state index contributed by atoms with van der Waals surface area (Å²) in [6, 6.07) is 13.5. The Hall–Kier alpha value is -3.35. The van der Waals surface area contributed by atoms with E-state index in [1.807, 2.05) is 62.4 Å². The fraction of sp³-hybridized carbons (Fsp3) is 0.531. The third kappa shape index (κ3) is 10.7. The predicted molar refractivity (Wildman–Crippen MR) is 158 cm³/mol. The SMILES string of the molecule is CCCCCCCCN(C(=O)C(C)NC(=O)OC(C)(C)C)C(C(=O)Nc1ccccc1C)c1cccc(C)c1. The molecule has 0 fully saturated rings. The van der Waals surface area contributed by atoms with Crippen molar-refractivity contribution in [2.45, 2.75) is 105 Å². The highest BCUT2D eigenvalue weighted by atomic mass is 16.6. The van der Waals surface area contributed by atoms with E-state index >= 15 is 0 Å². The van der Waals surface area contributed by atoms with Crippen molar-refractivity contribution in [3.8, 4) is 0 Å². The van der Waals surface area contributed by atoms with E-state index in [9.17, 15) is 14.4 Å². The van der Waals surface area contributed by atoms with Crippen LogP contribution in [0.2, 0.25) is 0 Å². The molecule has 214 valence electrons. The van der Waals surface area contributed by atoms with E-state index in [1.54, 1.807) is 32.6 Å². The molecule has 0 heterocycles. The number of nitrogens with zero attached hydrogens (tertiary/aromatic N) is 1. The van der Waals surface area contributed by atoms with E-state index in [1.165, 1.54) is 6.42 Å². The number of alkyl carbamates (subject to hydrolysis) is 1. The summed E-state index contributed by atoms with van der Waals surface area (Å²) in [5.41, 5.74) is 2.66. The maximum absolute atomic E-state index is 13.9. The fourth-order valence-corrected chi connectivity index (χ4v) is 4.45. The summed E-state index contributed by atoms with van der Waals surface area (Å²) in [5.74, 6) is -0.625. The number of nitrogens with one attached hydrogen (secondary N) is 2. The molecule has 0 bridgehead atoms. The summed E-state index contributed by atoms with van der Waals surface area (Å²) < 4.78 is 5.37. The number of amides is 3. The topological polar surface area (TPSA) is 87.7 Å². The molecule has 3 amide bonds. The van der Waals surface area contributed by atoms with Gasteiger partial charge in [0.05, 0.1) is 0 Å². The maximum atomic E-state index is 13.9. The number of hydrogen-bond acceptors (Lipinski definition) is 4. The normalized spacial score (nSPS) is 12.8. The average Bonchev–Trinajstić information content (AvgIpc) is 2.85. The van der Waals surface area contributed by atoms with Crippen LogP contribution in [0.5, 0.6) is 0 Å². The van der Waals surface area contributed by atoms with Gasteiger partial charge in [-0.2, -0.15) is 0 Å². The number of para-hydroxylation sites is 1. The molecule has 0 aliphatic heterocycles. The molecule has 2 unspecified atom stereocenters. The molecule has 39 heavy (non-hydrogen) atoms. The zero-order chi connectivity index (χ0) is 29.0. The number of carbonyl (C=O) groups excluding carboxylic acids is 3. The first-order chi connectivity index (χ1) is 18.4. The van der Waals surface area contributed by atoms with E-state index in [2.05, 4.69) is 17.6 Å². The standard InChI is InChI=1S/C32H47N3O4/c1-8-9-10-11-12-15-21-35(30(37)25(4)33-31(38)39-32(5,6)7)28(26-19-16-17-23(2)22-26)29(36)34-27-20-14-13-18-24(27)3/h13-14,16-20,22,25,28H,8-12,15,21H2,1-7H3,(H,33,38)(H,34,36). The van der Waals surface area contributed by atoms with Gasteiger partial charge in [0.15, 0.2) is 0 Å². The zero-order valence-electron chi connectivity index (χ0n) is 24.8. The molecule has 0 radical (unpaired) electrons. The third-order valence-corrected chi connectivity index (χ3v) is 6.46. The Morgan fingerprint density at radius 3 is 2.23 bits per heavy atom. The lowest BCUT2D eigenvalue weighted by molar-refractivity contribution is -0.140. The second-order valence-electron chi connectivity index (χ2n) is 11.3. The van der Waals surface area contributed by atoms with Crippen LogP contribution in [-0.2, 0) is 14.3 Å². The van der Waals surface area contributed by atoms with Gasteiger partial charge in [-0.3, -0.25) is 9.59 Å². The highest BCUT2D eigenvalue weighted by Gasteiger charge is 2.34. The Balaban J connectivity index is 2.40. The summed E-state index contributed by atoms with van der Waals surface area (Å²) in [6.45, 7) is 13.4. The van der Waals surface area contributed by atoms with Gasteiger partial charge in [0.1, 0.15) is 17.7 Å². The minimum atomic E-state index is -0.876. The van der Waals surface area contributed by atoms with Crippen molar-refractivity contribution in [2.75, 3.05) is 11.9 Å². The van der Waals surface area contributed by atoms with Gasteiger partial charge >= 0.3 is 6.09 Å². The molecule has 2 N–H and O–H groups in total. The zero-order valence-corrected chi connectivity index (χ0v) is 24.8. The number of carbonyl (C=O) groups is 3. The van der Waals surface area contributed by atoms with Crippen LogP contribution in [0.1, 0.15) is 95.9 Å². The summed E-state index contributed by atoms with van der Waals surface area (Å²) in [7, 11) is 0. The van der Waals surface area contributed by atoms with Crippen LogP contribution in [0.3, 0.4) is 0 Å². The van der Waals surface area contributed by atoms with Crippen molar-refractivity contribution in [3.05, 3.63) is 65.2 Å². The molecule has 0 saturated heterocycles. The highest BCUT2D eigenvalue weighted by molar-refractivity contribution is 5.99. The van der Waals surface area contributed by atoms with Crippen LogP contribution in [-0.4, -0.2) is 41.0 Å². The van der Waals surface area contributed by atoms with Crippen molar-refractivity contribution in [1.29, 1.82) is 0 Å². The lowest BCUT2D eigenvalue weighted by atomic mass is 10.00. The maximum Gasteiger partial charge on any atom is 0.408 e. The first-order valence-corrected chi connectivity index (χ1v) is 14.2. The molecular formula is C32H47N3O4. The second-order valence-corrected chi connectivity index (χ2v) is 11.3. The molecule has 0 aromatic heterocycles. The van der Waals surface area contributed by atoms with E-state index < -0.39 is 23.8 Å².